The second-order valence-electron chi connectivity index (χ2n) is 5.37. The molecule has 0 saturated heterocycles. The molecule has 3 nitrogen and oxygen atoms in total. The van der Waals surface area contributed by atoms with E-state index in [4.69, 9.17) is 11.6 Å². The van der Waals surface area contributed by atoms with Gasteiger partial charge in [0.05, 0.1) is 0 Å². The molecule has 0 heterocycles. The molecule has 1 N–H and O–H groups in total. The van der Waals surface area contributed by atoms with Crippen LogP contribution in [0.25, 0.3) is 0 Å². The summed E-state index contributed by atoms with van der Waals surface area (Å²) in [6.07, 6.45) is 5.59. The van der Waals surface area contributed by atoms with Crippen molar-refractivity contribution < 1.29 is 9.59 Å². The van der Waals surface area contributed by atoms with E-state index in [-0.39, 0.29) is 28.3 Å². The summed E-state index contributed by atoms with van der Waals surface area (Å²) in [5.74, 6) is -0.434. The Hall–Kier alpha value is -1.61. The van der Waals surface area contributed by atoms with Crippen molar-refractivity contribution in [2.24, 2.45) is 0 Å². The van der Waals surface area contributed by atoms with E-state index in [1.807, 2.05) is 0 Å². The molecule has 2 aliphatic carbocycles. The standard InChI is InChI=1S/C16H16ClNO2/c17-13-14(18-10-6-2-1-3-7-10)16(20)12-9-5-4-8-11(12)15(13)19/h4-5,8-10,18H,1-3,6-7H2. The van der Waals surface area contributed by atoms with E-state index < -0.39 is 0 Å². The maximum absolute atomic E-state index is 12.5. The van der Waals surface area contributed by atoms with Gasteiger partial charge in [0, 0.05) is 17.2 Å². The summed E-state index contributed by atoms with van der Waals surface area (Å²) in [6.45, 7) is 0. The minimum Gasteiger partial charge on any atom is -0.378 e. The van der Waals surface area contributed by atoms with Gasteiger partial charge in [-0.15, -0.1) is 0 Å². The van der Waals surface area contributed by atoms with Crippen LogP contribution in [-0.4, -0.2) is 17.6 Å². The number of halogens is 1. The van der Waals surface area contributed by atoms with Gasteiger partial charge in [-0.1, -0.05) is 55.1 Å². The molecule has 0 unspecified atom stereocenters. The third kappa shape index (κ3) is 2.27. The lowest BCUT2D eigenvalue weighted by Crippen LogP contribution is -2.37. The number of ketones is 2. The van der Waals surface area contributed by atoms with Gasteiger partial charge in [-0.3, -0.25) is 9.59 Å². The smallest absolute Gasteiger partial charge is 0.211 e. The van der Waals surface area contributed by atoms with E-state index in [9.17, 15) is 9.59 Å². The lowest BCUT2D eigenvalue weighted by Gasteiger charge is -2.27. The lowest BCUT2D eigenvalue weighted by atomic mass is 9.90. The minimum atomic E-state index is -0.264. The number of carbonyl (C=O) groups excluding carboxylic acids is 2. The van der Waals surface area contributed by atoms with Gasteiger partial charge < -0.3 is 5.32 Å². The maximum atomic E-state index is 12.5. The quantitative estimate of drug-likeness (QED) is 0.907. The summed E-state index contributed by atoms with van der Waals surface area (Å²) in [6, 6.07) is 7.08. The van der Waals surface area contributed by atoms with Gasteiger partial charge in [0.15, 0.2) is 0 Å². The van der Waals surface area contributed by atoms with Gasteiger partial charge in [-0.05, 0) is 12.8 Å². The predicted octanol–water partition coefficient (Wildman–Crippen LogP) is 3.44. The minimum absolute atomic E-state index is 0.0271. The molecule has 1 saturated carbocycles. The molecule has 0 amide bonds. The number of rotatable bonds is 2. The molecular formula is C16H16ClNO2. The fourth-order valence-electron chi connectivity index (χ4n) is 2.93. The fourth-order valence-corrected chi connectivity index (χ4v) is 3.17. The number of nitrogens with one attached hydrogen (secondary N) is 1. The number of allylic oxidation sites excluding steroid dienone is 2. The van der Waals surface area contributed by atoms with Crippen LogP contribution in [0.1, 0.15) is 52.8 Å². The molecule has 3 rings (SSSR count). The molecule has 0 atom stereocenters. The molecule has 0 aromatic heterocycles. The van der Waals surface area contributed by atoms with Gasteiger partial charge in [0.2, 0.25) is 11.6 Å². The monoisotopic (exact) mass is 289 g/mol. The Kier molecular flexibility index (Phi) is 3.62. The Morgan fingerprint density at radius 1 is 0.950 bits per heavy atom. The molecule has 1 aromatic rings. The first-order valence-corrected chi connectivity index (χ1v) is 7.41. The topological polar surface area (TPSA) is 46.2 Å². The summed E-state index contributed by atoms with van der Waals surface area (Å²) in [5.41, 5.74) is 1.12. The van der Waals surface area contributed by atoms with Crippen molar-refractivity contribution in [2.75, 3.05) is 0 Å². The average Bonchev–Trinajstić information content (AvgIpc) is 2.50. The van der Waals surface area contributed by atoms with E-state index in [0.717, 1.165) is 25.7 Å². The number of carbonyl (C=O) groups is 2. The van der Waals surface area contributed by atoms with E-state index in [2.05, 4.69) is 5.32 Å². The number of Topliss-reactive ketones (excluding diaryl/α,β-unsaturated/α-hetero) is 2. The van der Waals surface area contributed by atoms with Crippen molar-refractivity contribution in [1.29, 1.82) is 0 Å². The van der Waals surface area contributed by atoms with Crippen molar-refractivity contribution in [3.63, 3.8) is 0 Å². The Bertz CT molecular complexity index is 600. The Balaban J connectivity index is 1.92. The first-order chi connectivity index (χ1) is 9.68. The first kappa shape index (κ1) is 13.4. The van der Waals surface area contributed by atoms with Crippen LogP contribution in [0.2, 0.25) is 0 Å². The van der Waals surface area contributed by atoms with Crippen molar-refractivity contribution in [3.05, 3.63) is 46.1 Å². The SMILES string of the molecule is O=C1C(Cl)=C(NC2CCCCC2)C(=O)c2ccccc21. The molecule has 20 heavy (non-hydrogen) atoms. The Morgan fingerprint density at radius 3 is 2.20 bits per heavy atom. The molecule has 1 aromatic carbocycles. The normalized spacial score (nSPS) is 20.1. The van der Waals surface area contributed by atoms with E-state index in [1.54, 1.807) is 24.3 Å². The zero-order valence-corrected chi connectivity index (χ0v) is 11.9. The summed E-state index contributed by atoms with van der Waals surface area (Å²) in [5, 5.41) is 3.23. The van der Waals surface area contributed by atoms with Crippen LogP contribution in [0.3, 0.4) is 0 Å². The molecular weight excluding hydrogens is 274 g/mol. The van der Waals surface area contributed by atoms with E-state index in [1.165, 1.54) is 6.42 Å². The van der Waals surface area contributed by atoms with E-state index in [0.29, 0.717) is 11.1 Å². The summed E-state index contributed by atoms with van der Waals surface area (Å²) >= 11 is 6.12. The van der Waals surface area contributed by atoms with Crippen molar-refractivity contribution in [3.8, 4) is 0 Å². The number of hydrogen-bond acceptors (Lipinski definition) is 3. The van der Waals surface area contributed by atoms with Crippen molar-refractivity contribution in [1.82, 2.24) is 5.32 Å². The van der Waals surface area contributed by atoms with E-state index >= 15 is 0 Å². The Morgan fingerprint density at radius 2 is 1.55 bits per heavy atom. The lowest BCUT2D eigenvalue weighted by molar-refractivity contribution is 0.0971. The van der Waals surface area contributed by atoms with Crippen LogP contribution in [0.15, 0.2) is 35.0 Å². The molecule has 1 fully saturated rings. The van der Waals surface area contributed by atoms with Gasteiger partial charge >= 0.3 is 0 Å². The second-order valence-corrected chi connectivity index (χ2v) is 5.75. The Labute approximate surface area is 123 Å². The molecule has 0 spiro atoms. The van der Waals surface area contributed by atoms with Crippen LogP contribution in [0, 0.1) is 0 Å². The number of fused-ring (bicyclic) bond motifs is 1. The first-order valence-electron chi connectivity index (χ1n) is 7.03. The summed E-state index contributed by atoms with van der Waals surface area (Å²) < 4.78 is 0. The number of hydrogen-bond donors (Lipinski definition) is 1. The average molecular weight is 290 g/mol. The third-order valence-corrected chi connectivity index (χ3v) is 4.38. The maximum Gasteiger partial charge on any atom is 0.211 e. The molecule has 104 valence electrons. The third-order valence-electron chi connectivity index (χ3n) is 4.02. The van der Waals surface area contributed by atoms with Crippen molar-refractivity contribution >= 4 is 23.2 Å². The molecule has 0 bridgehead atoms. The highest BCUT2D eigenvalue weighted by atomic mass is 35.5. The van der Waals surface area contributed by atoms with Crippen LogP contribution in [0.5, 0.6) is 0 Å². The molecule has 0 radical (unpaired) electrons. The predicted molar refractivity (Wildman–Crippen MR) is 78.0 cm³/mol. The zero-order valence-electron chi connectivity index (χ0n) is 11.1. The van der Waals surface area contributed by atoms with Gasteiger partial charge in [-0.2, -0.15) is 0 Å². The van der Waals surface area contributed by atoms with Crippen LogP contribution in [-0.2, 0) is 0 Å². The second kappa shape index (κ2) is 5.41. The van der Waals surface area contributed by atoms with Crippen LogP contribution >= 0.6 is 11.6 Å². The van der Waals surface area contributed by atoms with Gasteiger partial charge in [0.1, 0.15) is 10.7 Å². The van der Waals surface area contributed by atoms with Crippen LogP contribution in [0.4, 0.5) is 0 Å². The molecule has 2 aliphatic rings. The highest BCUT2D eigenvalue weighted by molar-refractivity contribution is 6.49. The van der Waals surface area contributed by atoms with Gasteiger partial charge in [0.25, 0.3) is 0 Å². The summed E-state index contributed by atoms with van der Waals surface area (Å²) in [4.78, 5) is 24.7. The highest BCUT2D eigenvalue weighted by Crippen LogP contribution is 2.28. The zero-order chi connectivity index (χ0) is 14.1. The highest BCUT2D eigenvalue weighted by Gasteiger charge is 2.32. The largest absolute Gasteiger partial charge is 0.378 e. The molecule has 4 heteroatoms. The molecule has 0 aliphatic heterocycles. The van der Waals surface area contributed by atoms with Crippen LogP contribution < -0.4 is 5.32 Å². The van der Waals surface area contributed by atoms with Gasteiger partial charge in [-0.25, -0.2) is 0 Å². The fraction of sp³-hybridized carbons (Fsp3) is 0.375. The van der Waals surface area contributed by atoms with Crippen molar-refractivity contribution in [2.45, 2.75) is 38.1 Å². The summed E-state index contributed by atoms with van der Waals surface area (Å²) in [7, 11) is 0. The number of benzene rings is 1.